The maximum absolute atomic E-state index is 4.07. The predicted molar refractivity (Wildman–Crippen MR) is 39.1 cm³/mol. The highest BCUT2D eigenvalue weighted by Gasteiger charge is 2.60. The molecule has 2 rings (SSSR count). The molecule has 0 heteroatoms. The minimum atomic E-state index is 0.634. The molecule has 50 valence electrons. The largest absolute Gasteiger partial charge is 0.0995 e. The van der Waals surface area contributed by atoms with E-state index in [4.69, 9.17) is 0 Å². The van der Waals surface area contributed by atoms with Crippen molar-refractivity contribution in [3.63, 3.8) is 0 Å². The molecule has 0 aliphatic heterocycles. The molecule has 2 aliphatic rings. The van der Waals surface area contributed by atoms with Gasteiger partial charge in [0.05, 0.1) is 0 Å². The molecular weight excluding hydrogens is 108 g/mol. The van der Waals surface area contributed by atoms with Crippen LogP contribution in [0.25, 0.3) is 0 Å². The number of fused-ring (bicyclic) bond motifs is 1. The lowest BCUT2D eigenvalue weighted by Gasteiger charge is -2.07. The van der Waals surface area contributed by atoms with Crippen molar-refractivity contribution in [3.05, 3.63) is 12.2 Å². The second-order valence-electron chi connectivity index (χ2n) is 4.10. The first kappa shape index (κ1) is 5.52. The summed E-state index contributed by atoms with van der Waals surface area (Å²) in [4.78, 5) is 0. The second-order valence-corrected chi connectivity index (χ2v) is 4.10. The van der Waals surface area contributed by atoms with Crippen molar-refractivity contribution < 1.29 is 0 Å². The summed E-state index contributed by atoms with van der Waals surface area (Å²) in [6.07, 6.45) is 2.72. The van der Waals surface area contributed by atoms with E-state index >= 15 is 0 Å². The predicted octanol–water partition coefficient (Wildman–Crippen LogP) is 2.61. The van der Waals surface area contributed by atoms with Crippen molar-refractivity contribution in [1.29, 1.82) is 0 Å². The Labute approximate surface area is 57.0 Å². The number of hydrogen-bond donors (Lipinski definition) is 0. The SMILES string of the molecule is C=C1CCC2C1C2(C)C. The Bertz CT molecular complexity index is 165. The van der Waals surface area contributed by atoms with E-state index in [1.54, 1.807) is 0 Å². The molecule has 0 spiro atoms. The van der Waals surface area contributed by atoms with Crippen LogP contribution in [0.2, 0.25) is 0 Å². The Morgan fingerprint density at radius 1 is 1.56 bits per heavy atom. The lowest BCUT2D eigenvalue weighted by molar-refractivity contribution is 0.505. The van der Waals surface area contributed by atoms with Gasteiger partial charge in [0, 0.05) is 0 Å². The van der Waals surface area contributed by atoms with Gasteiger partial charge in [0.15, 0.2) is 0 Å². The van der Waals surface area contributed by atoms with E-state index in [-0.39, 0.29) is 0 Å². The van der Waals surface area contributed by atoms with Crippen molar-refractivity contribution in [1.82, 2.24) is 0 Å². The zero-order chi connectivity index (χ0) is 6.65. The molecule has 0 N–H and O–H groups in total. The summed E-state index contributed by atoms with van der Waals surface area (Å²) in [5.41, 5.74) is 2.15. The molecule has 2 aliphatic carbocycles. The zero-order valence-corrected chi connectivity index (χ0v) is 6.28. The summed E-state index contributed by atoms with van der Waals surface area (Å²) >= 11 is 0. The third-order valence-corrected chi connectivity index (χ3v) is 3.27. The average Bonchev–Trinajstić information content (AvgIpc) is 2.19. The molecule has 2 atom stereocenters. The molecule has 0 heterocycles. The topological polar surface area (TPSA) is 0 Å². The maximum atomic E-state index is 4.07. The molecule has 0 aromatic carbocycles. The lowest BCUT2D eigenvalue weighted by Crippen LogP contribution is -1.96. The highest BCUT2D eigenvalue weighted by molar-refractivity contribution is 5.26. The first-order valence-corrected chi connectivity index (χ1v) is 3.81. The molecule has 9 heavy (non-hydrogen) atoms. The van der Waals surface area contributed by atoms with Gasteiger partial charge in [0.25, 0.3) is 0 Å². The molecule has 0 nitrogen and oxygen atoms in total. The Morgan fingerprint density at radius 3 is 2.44 bits per heavy atom. The summed E-state index contributed by atoms with van der Waals surface area (Å²) < 4.78 is 0. The van der Waals surface area contributed by atoms with Crippen LogP contribution in [-0.4, -0.2) is 0 Å². The fraction of sp³-hybridized carbons (Fsp3) is 0.778. The molecule has 0 radical (unpaired) electrons. The van der Waals surface area contributed by atoms with Crippen LogP contribution >= 0.6 is 0 Å². The van der Waals surface area contributed by atoms with Gasteiger partial charge in [-0.15, -0.1) is 0 Å². The van der Waals surface area contributed by atoms with E-state index in [9.17, 15) is 0 Å². The van der Waals surface area contributed by atoms with Gasteiger partial charge in [-0.25, -0.2) is 0 Å². The van der Waals surface area contributed by atoms with Gasteiger partial charge in [0.1, 0.15) is 0 Å². The van der Waals surface area contributed by atoms with Gasteiger partial charge in [-0.1, -0.05) is 26.0 Å². The fourth-order valence-electron chi connectivity index (χ4n) is 2.59. The van der Waals surface area contributed by atoms with E-state index in [0.29, 0.717) is 5.41 Å². The summed E-state index contributed by atoms with van der Waals surface area (Å²) in [5.74, 6) is 1.91. The Kier molecular flexibility index (Phi) is 0.769. The van der Waals surface area contributed by atoms with Crippen molar-refractivity contribution >= 4 is 0 Å². The summed E-state index contributed by atoms with van der Waals surface area (Å²) in [7, 11) is 0. The summed E-state index contributed by atoms with van der Waals surface area (Å²) in [5, 5.41) is 0. The van der Waals surface area contributed by atoms with E-state index < -0.39 is 0 Å². The lowest BCUT2D eigenvalue weighted by atomic mass is 9.98. The van der Waals surface area contributed by atoms with E-state index in [1.165, 1.54) is 18.4 Å². The molecule has 0 bridgehead atoms. The van der Waals surface area contributed by atoms with Crippen LogP contribution in [0.1, 0.15) is 26.7 Å². The molecule has 0 amide bonds. The molecule has 2 saturated carbocycles. The van der Waals surface area contributed by atoms with Gasteiger partial charge >= 0.3 is 0 Å². The normalized spacial score (nSPS) is 44.9. The third-order valence-electron chi connectivity index (χ3n) is 3.27. The molecule has 2 fully saturated rings. The maximum Gasteiger partial charge on any atom is -0.0118 e. The monoisotopic (exact) mass is 122 g/mol. The van der Waals surface area contributed by atoms with E-state index in [2.05, 4.69) is 20.4 Å². The molecule has 0 saturated heterocycles. The summed E-state index contributed by atoms with van der Waals surface area (Å²) in [6, 6.07) is 0. The first-order chi connectivity index (χ1) is 4.14. The van der Waals surface area contributed by atoms with Crippen LogP contribution in [0, 0.1) is 17.3 Å². The number of rotatable bonds is 0. The van der Waals surface area contributed by atoms with Crippen molar-refractivity contribution in [3.8, 4) is 0 Å². The number of hydrogen-bond acceptors (Lipinski definition) is 0. The minimum absolute atomic E-state index is 0.634. The fourth-order valence-corrected chi connectivity index (χ4v) is 2.59. The average molecular weight is 122 g/mol. The Morgan fingerprint density at radius 2 is 2.22 bits per heavy atom. The highest BCUT2D eigenvalue weighted by Crippen LogP contribution is 2.68. The van der Waals surface area contributed by atoms with Crippen LogP contribution < -0.4 is 0 Å². The van der Waals surface area contributed by atoms with Crippen LogP contribution in [0.5, 0.6) is 0 Å². The van der Waals surface area contributed by atoms with Crippen molar-refractivity contribution in [2.24, 2.45) is 17.3 Å². The van der Waals surface area contributed by atoms with Crippen LogP contribution in [-0.2, 0) is 0 Å². The van der Waals surface area contributed by atoms with Crippen molar-refractivity contribution in [2.75, 3.05) is 0 Å². The Balaban J connectivity index is 2.23. The van der Waals surface area contributed by atoms with Crippen LogP contribution in [0.3, 0.4) is 0 Å². The van der Waals surface area contributed by atoms with Gasteiger partial charge in [-0.3, -0.25) is 0 Å². The smallest absolute Gasteiger partial charge is 0.0118 e. The molecule has 0 aromatic rings. The quantitative estimate of drug-likeness (QED) is 0.433. The standard InChI is InChI=1S/C9H14/c1-6-4-5-7-8(6)9(7,2)3/h7-8H,1,4-5H2,2-3H3. The van der Waals surface area contributed by atoms with Gasteiger partial charge < -0.3 is 0 Å². The Hall–Kier alpha value is -0.260. The summed E-state index contributed by atoms with van der Waals surface area (Å²) in [6.45, 7) is 8.81. The van der Waals surface area contributed by atoms with E-state index in [0.717, 1.165) is 11.8 Å². The van der Waals surface area contributed by atoms with Gasteiger partial charge in [-0.05, 0) is 30.1 Å². The molecule has 0 aromatic heterocycles. The van der Waals surface area contributed by atoms with E-state index in [1.807, 2.05) is 0 Å². The number of allylic oxidation sites excluding steroid dienone is 1. The second kappa shape index (κ2) is 1.25. The van der Waals surface area contributed by atoms with Crippen LogP contribution in [0.4, 0.5) is 0 Å². The van der Waals surface area contributed by atoms with Gasteiger partial charge in [0.2, 0.25) is 0 Å². The minimum Gasteiger partial charge on any atom is -0.0995 e. The highest BCUT2D eigenvalue weighted by atomic mass is 14.6. The van der Waals surface area contributed by atoms with Crippen molar-refractivity contribution in [2.45, 2.75) is 26.7 Å². The van der Waals surface area contributed by atoms with Crippen LogP contribution in [0.15, 0.2) is 12.2 Å². The molecular formula is C9H14. The molecule has 2 unspecified atom stereocenters. The zero-order valence-electron chi connectivity index (χ0n) is 6.28. The third kappa shape index (κ3) is 0.493. The van der Waals surface area contributed by atoms with Gasteiger partial charge in [-0.2, -0.15) is 0 Å². The first-order valence-electron chi connectivity index (χ1n) is 3.81.